The van der Waals surface area contributed by atoms with Crippen LogP contribution in [0.15, 0.2) is 55.1 Å². The highest BCUT2D eigenvalue weighted by molar-refractivity contribution is 5.87. The summed E-state index contributed by atoms with van der Waals surface area (Å²) in [5.41, 5.74) is 2.00. The molecule has 1 heterocycles. The first kappa shape index (κ1) is 18.8. The van der Waals surface area contributed by atoms with Crippen LogP contribution in [0, 0.1) is 0 Å². The van der Waals surface area contributed by atoms with E-state index in [0.29, 0.717) is 24.6 Å². The normalized spacial score (nSPS) is 14.5. The van der Waals surface area contributed by atoms with E-state index in [2.05, 4.69) is 6.58 Å². The SMILES string of the molecule is C=CC(=O)N1CCC(Oc2cc(-c3ccccc3OC)ccc2OC)CC1. The second-order valence-corrected chi connectivity index (χ2v) is 6.41. The number of hydrogen-bond acceptors (Lipinski definition) is 4. The highest BCUT2D eigenvalue weighted by Crippen LogP contribution is 2.37. The Kier molecular flexibility index (Phi) is 6.01. The van der Waals surface area contributed by atoms with Gasteiger partial charge < -0.3 is 19.1 Å². The molecular formula is C22H25NO4. The smallest absolute Gasteiger partial charge is 0.245 e. The van der Waals surface area contributed by atoms with Crippen LogP contribution in [0.2, 0.25) is 0 Å². The predicted molar refractivity (Wildman–Crippen MR) is 105 cm³/mol. The van der Waals surface area contributed by atoms with E-state index in [-0.39, 0.29) is 12.0 Å². The summed E-state index contributed by atoms with van der Waals surface area (Å²) in [6.07, 6.45) is 2.96. The molecule has 1 saturated heterocycles. The molecule has 1 amide bonds. The Labute approximate surface area is 160 Å². The van der Waals surface area contributed by atoms with Crippen molar-refractivity contribution < 1.29 is 19.0 Å². The minimum Gasteiger partial charge on any atom is -0.496 e. The fourth-order valence-corrected chi connectivity index (χ4v) is 3.32. The maximum atomic E-state index is 11.7. The average molecular weight is 367 g/mol. The summed E-state index contributed by atoms with van der Waals surface area (Å²) in [5.74, 6) is 2.18. The number of amides is 1. The first-order valence-corrected chi connectivity index (χ1v) is 9.05. The van der Waals surface area contributed by atoms with Crippen molar-refractivity contribution in [3.63, 3.8) is 0 Å². The Hall–Kier alpha value is -2.95. The van der Waals surface area contributed by atoms with Crippen molar-refractivity contribution in [1.29, 1.82) is 0 Å². The number of piperidine rings is 1. The average Bonchev–Trinajstić information content (AvgIpc) is 2.73. The third kappa shape index (κ3) is 4.25. The van der Waals surface area contributed by atoms with Crippen molar-refractivity contribution in [3.8, 4) is 28.4 Å². The second-order valence-electron chi connectivity index (χ2n) is 6.41. The lowest BCUT2D eigenvalue weighted by atomic mass is 10.0. The van der Waals surface area contributed by atoms with Gasteiger partial charge in [0, 0.05) is 31.5 Å². The molecule has 0 bridgehead atoms. The maximum absolute atomic E-state index is 11.7. The Morgan fingerprint density at radius 2 is 1.74 bits per heavy atom. The minimum atomic E-state index is -0.0239. The van der Waals surface area contributed by atoms with E-state index in [9.17, 15) is 4.79 Å². The van der Waals surface area contributed by atoms with E-state index >= 15 is 0 Å². The zero-order valence-electron chi connectivity index (χ0n) is 15.8. The number of carbonyl (C=O) groups is 1. The van der Waals surface area contributed by atoms with Crippen molar-refractivity contribution in [1.82, 2.24) is 4.90 Å². The molecule has 5 heteroatoms. The molecule has 0 N–H and O–H groups in total. The number of ether oxygens (including phenoxy) is 3. The fraction of sp³-hybridized carbons (Fsp3) is 0.318. The molecule has 0 aliphatic carbocycles. The summed E-state index contributed by atoms with van der Waals surface area (Å²) >= 11 is 0. The fourth-order valence-electron chi connectivity index (χ4n) is 3.32. The number of para-hydroxylation sites is 1. The summed E-state index contributed by atoms with van der Waals surface area (Å²) in [4.78, 5) is 13.5. The summed E-state index contributed by atoms with van der Waals surface area (Å²) in [7, 11) is 3.30. The third-order valence-corrected chi connectivity index (χ3v) is 4.80. The van der Waals surface area contributed by atoms with Gasteiger partial charge in [-0.05, 0) is 29.8 Å². The Morgan fingerprint density at radius 1 is 1.04 bits per heavy atom. The zero-order chi connectivity index (χ0) is 19.2. The summed E-state index contributed by atoms with van der Waals surface area (Å²) in [6, 6.07) is 13.8. The first-order valence-electron chi connectivity index (χ1n) is 9.05. The summed E-state index contributed by atoms with van der Waals surface area (Å²) in [6.45, 7) is 4.89. The standard InChI is InChI=1S/C22H25NO4/c1-4-22(24)23-13-11-17(12-14-23)27-21-15-16(9-10-20(21)26-3)18-7-5-6-8-19(18)25-2/h4-10,15,17H,1,11-14H2,2-3H3. The molecular weight excluding hydrogens is 342 g/mol. The second kappa shape index (κ2) is 8.62. The maximum Gasteiger partial charge on any atom is 0.245 e. The number of likely N-dealkylation sites (tertiary alicyclic amines) is 1. The van der Waals surface area contributed by atoms with Crippen LogP contribution >= 0.6 is 0 Å². The molecule has 2 aromatic carbocycles. The third-order valence-electron chi connectivity index (χ3n) is 4.80. The van der Waals surface area contributed by atoms with Gasteiger partial charge >= 0.3 is 0 Å². The number of methoxy groups -OCH3 is 2. The van der Waals surface area contributed by atoms with Crippen LogP contribution in [0.4, 0.5) is 0 Å². The Bertz CT molecular complexity index is 810. The predicted octanol–water partition coefficient (Wildman–Crippen LogP) is 3.93. The van der Waals surface area contributed by atoms with Crippen molar-refractivity contribution in [3.05, 3.63) is 55.1 Å². The Morgan fingerprint density at radius 3 is 2.41 bits per heavy atom. The minimum absolute atomic E-state index is 0.0239. The highest BCUT2D eigenvalue weighted by atomic mass is 16.5. The number of benzene rings is 2. The van der Waals surface area contributed by atoms with Crippen LogP contribution in [0.3, 0.4) is 0 Å². The summed E-state index contributed by atoms with van der Waals surface area (Å²) < 4.78 is 17.2. The number of nitrogens with zero attached hydrogens (tertiary/aromatic N) is 1. The van der Waals surface area contributed by atoms with Crippen molar-refractivity contribution in [2.45, 2.75) is 18.9 Å². The van der Waals surface area contributed by atoms with Gasteiger partial charge in [0.25, 0.3) is 0 Å². The monoisotopic (exact) mass is 367 g/mol. The van der Waals surface area contributed by atoms with Crippen LogP contribution in [-0.4, -0.2) is 44.2 Å². The topological polar surface area (TPSA) is 48.0 Å². The number of carbonyl (C=O) groups excluding carboxylic acids is 1. The van der Waals surface area contributed by atoms with Gasteiger partial charge in [-0.25, -0.2) is 0 Å². The van der Waals surface area contributed by atoms with Crippen LogP contribution in [-0.2, 0) is 4.79 Å². The lowest BCUT2D eigenvalue weighted by molar-refractivity contribution is -0.127. The molecule has 5 nitrogen and oxygen atoms in total. The molecule has 27 heavy (non-hydrogen) atoms. The largest absolute Gasteiger partial charge is 0.496 e. The molecule has 1 aliphatic rings. The lowest BCUT2D eigenvalue weighted by Gasteiger charge is -2.31. The van der Waals surface area contributed by atoms with Gasteiger partial charge in [-0.3, -0.25) is 4.79 Å². The highest BCUT2D eigenvalue weighted by Gasteiger charge is 2.23. The van der Waals surface area contributed by atoms with Gasteiger partial charge in [-0.2, -0.15) is 0 Å². The quantitative estimate of drug-likeness (QED) is 0.726. The molecule has 0 aromatic heterocycles. The van der Waals surface area contributed by atoms with Crippen molar-refractivity contribution in [2.75, 3.05) is 27.3 Å². The van der Waals surface area contributed by atoms with Gasteiger partial charge in [0.05, 0.1) is 14.2 Å². The van der Waals surface area contributed by atoms with Gasteiger partial charge in [0.1, 0.15) is 11.9 Å². The van der Waals surface area contributed by atoms with E-state index in [4.69, 9.17) is 14.2 Å². The van der Waals surface area contributed by atoms with Gasteiger partial charge in [-0.1, -0.05) is 30.8 Å². The Balaban J connectivity index is 1.79. The van der Waals surface area contributed by atoms with E-state index in [1.807, 2.05) is 42.5 Å². The molecule has 0 saturated carbocycles. The molecule has 0 spiro atoms. The van der Waals surface area contributed by atoms with Crippen molar-refractivity contribution >= 4 is 5.91 Å². The van der Waals surface area contributed by atoms with Crippen LogP contribution in [0.1, 0.15) is 12.8 Å². The molecule has 2 aromatic rings. The van der Waals surface area contributed by atoms with E-state index < -0.39 is 0 Å². The molecule has 0 unspecified atom stereocenters. The zero-order valence-corrected chi connectivity index (χ0v) is 15.8. The van der Waals surface area contributed by atoms with Crippen molar-refractivity contribution in [2.24, 2.45) is 0 Å². The van der Waals surface area contributed by atoms with Gasteiger partial charge in [-0.15, -0.1) is 0 Å². The van der Waals surface area contributed by atoms with Crippen LogP contribution in [0.5, 0.6) is 17.2 Å². The van der Waals surface area contributed by atoms with Crippen LogP contribution < -0.4 is 14.2 Å². The van der Waals surface area contributed by atoms with E-state index in [1.165, 1.54) is 6.08 Å². The van der Waals surface area contributed by atoms with E-state index in [0.717, 1.165) is 29.7 Å². The number of rotatable bonds is 6. The van der Waals surface area contributed by atoms with E-state index in [1.54, 1.807) is 19.1 Å². The molecule has 0 atom stereocenters. The van der Waals surface area contributed by atoms with Gasteiger partial charge in [0.2, 0.25) is 5.91 Å². The molecule has 1 fully saturated rings. The summed E-state index contributed by atoms with van der Waals surface area (Å²) in [5, 5.41) is 0. The van der Waals surface area contributed by atoms with Crippen LogP contribution in [0.25, 0.3) is 11.1 Å². The molecule has 1 aliphatic heterocycles. The first-order chi connectivity index (χ1) is 13.2. The number of hydrogen-bond donors (Lipinski definition) is 0. The van der Waals surface area contributed by atoms with Gasteiger partial charge in [0.15, 0.2) is 11.5 Å². The lowest BCUT2D eigenvalue weighted by Crippen LogP contribution is -2.41. The molecule has 3 rings (SSSR count). The molecule has 142 valence electrons. The molecule has 0 radical (unpaired) electrons.